The van der Waals surface area contributed by atoms with Crippen molar-refractivity contribution in [2.45, 2.75) is 33.3 Å². The van der Waals surface area contributed by atoms with Crippen LogP contribution in [0, 0.1) is 6.92 Å². The molecule has 8 heteroatoms. The number of hydrogen-bond donors (Lipinski definition) is 2. The van der Waals surface area contributed by atoms with Crippen molar-refractivity contribution in [2.75, 3.05) is 5.32 Å². The highest BCUT2D eigenvalue weighted by atomic mass is 16.6. The summed E-state index contributed by atoms with van der Waals surface area (Å²) in [7, 11) is 0. The molecule has 1 rings (SSSR count). The summed E-state index contributed by atoms with van der Waals surface area (Å²) in [5, 5.41) is 14.7. The Balaban J connectivity index is 3.12. The van der Waals surface area contributed by atoms with Gasteiger partial charge < -0.3 is 9.84 Å². The van der Waals surface area contributed by atoms with Crippen LogP contribution in [0.3, 0.4) is 0 Å². The fourth-order valence-electron chi connectivity index (χ4n) is 1.69. The van der Waals surface area contributed by atoms with Gasteiger partial charge in [-0.2, -0.15) is 0 Å². The quantitative estimate of drug-likeness (QED) is 0.375. The van der Waals surface area contributed by atoms with Crippen LogP contribution in [0.2, 0.25) is 0 Å². The highest BCUT2D eigenvalue weighted by Gasteiger charge is 2.17. The zero-order valence-electron chi connectivity index (χ0n) is 13.3. The van der Waals surface area contributed by atoms with E-state index < -0.39 is 23.4 Å². The van der Waals surface area contributed by atoms with Gasteiger partial charge in [-0.15, -0.1) is 0 Å². The molecule has 1 amide bonds. The number of hydrogen-bond acceptors (Lipinski definition) is 4. The average molecular weight is 318 g/mol. The van der Waals surface area contributed by atoms with E-state index in [2.05, 4.69) is 15.3 Å². The molecule has 0 spiro atoms. The van der Waals surface area contributed by atoms with Crippen molar-refractivity contribution in [1.82, 2.24) is 0 Å². The molecule has 2 N–H and O–H groups in total. The van der Waals surface area contributed by atoms with Gasteiger partial charge in [0.05, 0.1) is 0 Å². The summed E-state index contributed by atoms with van der Waals surface area (Å²) in [6.45, 7) is 6.95. The number of nitrogens with one attached hydrogen (secondary N) is 1. The predicted octanol–water partition coefficient (Wildman–Crippen LogP) is 4.08. The van der Waals surface area contributed by atoms with Gasteiger partial charge in [-0.3, -0.25) is 5.32 Å². The van der Waals surface area contributed by atoms with Crippen molar-refractivity contribution in [3.63, 3.8) is 0 Å². The first-order chi connectivity index (χ1) is 10.6. The van der Waals surface area contributed by atoms with Gasteiger partial charge in [-0.25, -0.2) is 9.59 Å². The number of carboxylic acid groups (broad SMARTS) is 1. The summed E-state index contributed by atoms with van der Waals surface area (Å²) in [5.74, 6) is -1.34. The lowest BCUT2D eigenvalue weighted by Crippen LogP contribution is -2.27. The van der Waals surface area contributed by atoms with Crippen molar-refractivity contribution >= 4 is 23.8 Å². The van der Waals surface area contributed by atoms with Crippen LogP contribution < -0.4 is 5.32 Å². The molecule has 122 valence electrons. The molecule has 1 aromatic carbocycles. The molecule has 0 aromatic heterocycles. The normalized spacial score (nSPS) is 11.4. The molecule has 0 saturated heterocycles. The lowest BCUT2D eigenvalue weighted by Gasteiger charge is -2.20. The SMILES string of the molecule is Cc1c(/C=C(\N=[N+]=[N-])C(=O)O)cccc1NC(=O)OC(C)(C)C. The Morgan fingerprint density at radius 1 is 1.39 bits per heavy atom. The maximum absolute atomic E-state index is 11.8. The smallest absolute Gasteiger partial charge is 0.412 e. The molecule has 0 heterocycles. The van der Waals surface area contributed by atoms with E-state index in [1.165, 1.54) is 6.08 Å². The molecular weight excluding hydrogens is 300 g/mol. The minimum atomic E-state index is -1.34. The first-order valence-corrected chi connectivity index (χ1v) is 6.74. The van der Waals surface area contributed by atoms with Crippen LogP contribution >= 0.6 is 0 Å². The highest BCUT2D eigenvalue weighted by Crippen LogP contribution is 2.22. The number of carboxylic acids is 1. The Morgan fingerprint density at radius 3 is 2.57 bits per heavy atom. The topological polar surface area (TPSA) is 124 Å². The van der Waals surface area contributed by atoms with E-state index in [-0.39, 0.29) is 0 Å². The zero-order chi connectivity index (χ0) is 17.6. The monoisotopic (exact) mass is 318 g/mol. The molecule has 0 radical (unpaired) electrons. The minimum absolute atomic E-state index is 0.440. The van der Waals surface area contributed by atoms with Gasteiger partial charge in [0.15, 0.2) is 0 Å². The van der Waals surface area contributed by atoms with Crippen molar-refractivity contribution in [2.24, 2.45) is 5.11 Å². The molecular formula is C15H18N4O4. The third-order valence-corrected chi connectivity index (χ3v) is 2.68. The summed E-state index contributed by atoms with van der Waals surface area (Å²) in [6.07, 6.45) is 0.618. The molecule has 0 aliphatic heterocycles. The second-order valence-corrected chi connectivity index (χ2v) is 5.67. The molecule has 23 heavy (non-hydrogen) atoms. The summed E-state index contributed by atoms with van der Waals surface area (Å²) < 4.78 is 5.17. The number of rotatable bonds is 4. The molecule has 0 aliphatic carbocycles. The standard InChI is InChI=1S/C15H18N4O4/c1-9-10(8-12(13(20)21)18-19-16)6-5-7-11(9)17-14(22)23-15(2,3)4/h5-8H,1-4H3,(H,17,22)(H,20,21)/b12-8-. The van der Waals surface area contributed by atoms with E-state index in [9.17, 15) is 9.59 Å². The second-order valence-electron chi connectivity index (χ2n) is 5.67. The summed E-state index contributed by atoms with van der Waals surface area (Å²) >= 11 is 0. The third-order valence-electron chi connectivity index (χ3n) is 2.68. The van der Waals surface area contributed by atoms with E-state index in [1.807, 2.05) is 0 Å². The number of anilines is 1. The van der Waals surface area contributed by atoms with Crippen molar-refractivity contribution in [3.8, 4) is 0 Å². The molecule has 8 nitrogen and oxygen atoms in total. The second kappa shape index (κ2) is 7.33. The van der Waals surface area contributed by atoms with Gasteiger partial charge in [0.2, 0.25) is 0 Å². The number of ether oxygens (including phenoxy) is 1. The lowest BCUT2D eigenvalue weighted by atomic mass is 10.1. The first-order valence-electron chi connectivity index (χ1n) is 6.74. The van der Waals surface area contributed by atoms with Gasteiger partial charge in [0.1, 0.15) is 11.3 Å². The fraction of sp³-hybridized carbons (Fsp3) is 0.333. The molecule has 0 unspecified atom stereocenters. The average Bonchev–Trinajstić information content (AvgIpc) is 2.40. The van der Waals surface area contributed by atoms with E-state index in [1.54, 1.807) is 45.9 Å². The number of carbonyl (C=O) groups is 2. The predicted molar refractivity (Wildman–Crippen MR) is 85.8 cm³/mol. The summed E-state index contributed by atoms with van der Waals surface area (Å²) in [4.78, 5) is 25.3. The van der Waals surface area contributed by atoms with E-state index in [0.29, 0.717) is 16.8 Å². The van der Waals surface area contributed by atoms with Crippen molar-refractivity contribution in [3.05, 3.63) is 45.5 Å². The van der Waals surface area contributed by atoms with E-state index in [4.69, 9.17) is 15.4 Å². The number of azide groups is 1. The van der Waals surface area contributed by atoms with Gasteiger partial charge in [0, 0.05) is 10.6 Å². The Hall–Kier alpha value is -2.99. The largest absolute Gasteiger partial charge is 0.478 e. The summed E-state index contributed by atoms with van der Waals surface area (Å²) in [5.41, 5.74) is 8.91. The Bertz CT molecular complexity index is 694. The fourth-order valence-corrected chi connectivity index (χ4v) is 1.69. The number of carbonyl (C=O) groups excluding carboxylic acids is 1. The Labute approximate surface area is 133 Å². The molecule has 0 fully saturated rings. The van der Waals surface area contributed by atoms with Gasteiger partial charge in [0.25, 0.3) is 0 Å². The van der Waals surface area contributed by atoms with Gasteiger partial charge in [-0.1, -0.05) is 17.2 Å². The molecule has 0 atom stereocenters. The molecule has 0 bridgehead atoms. The molecule has 0 saturated carbocycles. The number of aliphatic carboxylic acids is 1. The Morgan fingerprint density at radius 2 is 2.04 bits per heavy atom. The van der Waals surface area contributed by atoms with Gasteiger partial charge >= 0.3 is 12.1 Å². The minimum Gasteiger partial charge on any atom is -0.478 e. The van der Waals surface area contributed by atoms with Crippen molar-refractivity contribution in [1.29, 1.82) is 0 Å². The van der Waals surface area contributed by atoms with E-state index >= 15 is 0 Å². The van der Waals surface area contributed by atoms with Crippen LogP contribution in [-0.4, -0.2) is 22.8 Å². The summed E-state index contributed by atoms with van der Waals surface area (Å²) in [6, 6.07) is 4.94. The van der Waals surface area contributed by atoms with Crippen LogP contribution in [0.4, 0.5) is 10.5 Å². The van der Waals surface area contributed by atoms with Crippen LogP contribution in [0.15, 0.2) is 29.0 Å². The molecule has 0 aliphatic rings. The lowest BCUT2D eigenvalue weighted by molar-refractivity contribution is -0.132. The highest BCUT2D eigenvalue weighted by molar-refractivity contribution is 5.93. The third kappa shape index (κ3) is 5.72. The van der Waals surface area contributed by atoms with Crippen LogP contribution in [0.25, 0.3) is 16.5 Å². The van der Waals surface area contributed by atoms with Crippen LogP contribution in [0.1, 0.15) is 31.9 Å². The van der Waals surface area contributed by atoms with Crippen LogP contribution in [0.5, 0.6) is 0 Å². The number of amides is 1. The van der Waals surface area contributed by atoms with Crippen LogP contribution in [-0.2, 0) is 9.53 Å². The maximum atomic E-state index is 11.8. The van der Waals surface area contributed by atoms with E-state index in [0.717, 1.165) is 0 Å². The van der Waals surface area contributed by atoms with Gasteiger partial charge in [-0.05, 0) is 56.5 Å². The van der Waals surface area contributed by atoms with Crippen molar-refractivity contribution < 1.29 is 19.4 Å². The Kier molecular flexibility index (Phi) is 5.75. The maximum Gasteiger partial charge on any atom is 0.412 e. The first kappa shape index (κ1) is 18.1. The molecule has 1 aromatic rings. The number of benzene rings is 1. The zero-order valence-corrected chi connectivity index (χ0v) is 13.3. The number of nitrogens with zero attached hydrogens (tertiary/aromatic N) is 3.